The van der Waals surface area contributed by atoms with E-state index in [9.17, 15) is 4.79 Å². The van der Waals surface area contributed by atoms with E-state index in [2.05, 4.69) is 15.3 Å². The van der Waals surface area contributed by atoms with Crippen molar-refractivity contribution in [3.05, 3.63) is 16.8 Å². The second-order valence-corrected chi connectivity index (χ2v) is 4.20. The molecule has 5 nitrogen and oxygen atoms in total. The van der Waals surface area contributed by atoms with Crippen LogP contribution in [-0.4, -0.2) is 30.1 Å². The second-order valence-electron chi connectivity index (χ2n) is 3.20. The smallest absolute Gasteiger partial charge is 0.348 e. The summed E-state index contributed by atoms with van der Waals surface area (Å²) in [6, 6.07) is 0. The van der Waals surface area contributed by atoms with Gasteiger partial charge in [-0.15, -0.1) is 11.3 Å². The molecule has 0 saturated carbocycles. The van der Waals surface area contributed by atoms with Crippen LogP contribution in [0.25, 0.3) is 10.2 Å². The molecule has 84 valence electrons. The van der Waals surface area contributed by atoms with Crippen LogP contribution in [0, 0.1) is 6.92 Å². The average Bonchev–Trinajstić information content (AvgIpc) is 2.66. The van der Waals surface area contributed by atoms with Crippen LogP contribution in [0.4, 0.5) is 5.82 Å². The van der Waals surface area contributed by atoms with Gasteiger partial charge in [-0.1, -0.05) is 0 Å². The Morgan fingerprint density at radius 1 is 1.50 bits per heavy atom. The largest absolute Gasteiger partial charge is 0.465 e. The monoisotopic (exact) mass is 237 g/mol. The van der Waals surface area contributed by atoms with Crippen LogP contribution < -0.4 is 5.32 Å². The average molecular weight is 237 g/mol. The van der Waals surface area contributed by atoms with Crippen molar-refractivity contribution in [3.8, 4) is 0 Å². The highest BCUT2D eigenvalue weighted by Crippen LogP contribution is 2.33. The van der Waals surface area contributed by atoms with Gasteiger partial charge in [-0.3, -0.25) is 0 Å². The molecule has 0 aliphatic carbocycles. The van der Waals surface area contributed by atoms with Gasteiger partial charge in [0.2, 0.25) is 0 Å². The quantitative estimate of drug-likeness (QED) is 0.807. The van der Waals surface area contributed by atoms with Crippen molar-refractivity contribution in [1.82, 2.24) is 9.97 Å². The van der Waals surface area contributed by atoms with Gasteiger partial charge >= 0.3 is 5.97 Å². The number of thiophene rings is 1. The van der Waals surface area contributed by atoms with Crippen LogP contribution in [0.3, 0.4) is 0 Å². The van der Waals surface area contributed by atoms with E-state index < -0.39 is 0 Å². The molecule has 0 bridgehead atoms. The Labute approximate surface area is 96.5 Å². The first-order chi connectivity index (χ1) is 7.69. The predicted molar refractivity (Wildman–Crippen MR) is 63.0 cm³/mol. The minimum Gasteiger partial charge on any atom is -0.465 e. The van der Waals surface area contributed by atoms with Gasteiger partial charge in [-0.2, -0.15) is 0 Å². The molecule has 2 rings (SSSR count). The third kappa shape index (κ3) is 1.51. The summed E-state index contributed by atoms with van der Waals surface area (Å²) in [6.07, 6.45) is 1.48. The molecule has 0 aliphatic rings. The number of hydrogen-bond donors (Lipinski definition) is 1. The lowest BCUT2D eigenvalue weighted by atomic mass is 10.2. The molecular formula is C10H11N3O2S. The summed E-state index contributed by atoms with van der Waals surface area (Å²) in [5.41, 5.74) is 0.858. The molecule has 16 heavy (non-hydrogen) atoms. The summed E-state index contributed by atoms with van der Waals surface area (Å²) in [6.45, 7) is 1.87. The number of esters is 1. The first-order valence-electron chi connectivity index (χ1n) is 4.69. The van der Waals surface area contributed by atoms with E-state index in [1.807, 2.05) is 6.92 Å². The number of methoxy groups -OCH3 is 1. The highest BCUT2D eigenvalue weighted by Gasteiger charge is 2.18. The molecule has 2 aromatic rings. The van der Waals surface area contributed by atoms with E-state index in [0.717, 1.165) is 21.6 Å². The second kappa shape index (κ2) is 4.05. The Morgan fingerprint density at radius 2 is 2.25 bits per heavy atom. The summed E-state index contributed by atoms with van der Waals surface area (Å²) in [5, 5.41) is 3.87. The van der Waals surface area contributed by atoms with Crippen LogP contribution in [0.5, 0.6) is 0 Å². The van der Waals surface area contributed by atoms with Crippen molar-refractivity contribution in [2.45, 2.75) is 6.92 Å². The first kappa shape index (κ1) is 10.8. The maximum absolute atomic E-state index is 11.5. The number of fused-ring (bicyclic) bond motifs is 1. The number of nitrogens with zero attached hydrogens (tertiary/aromatic N) is 2. The van der Waals surface area contributed by atoms with Gasteiger partial charge < -0.3 is 10.1 Å². The zero-order valence-corrected chi connectivity index (χ0v) is 10.0. The van der Waals surface area contributed by atoms with Crippen molar-refractivity contribution < 1.29 is 9.53 Å². The number of aryl methyl sites for hydroxylation is 1. The molecule has 0 saturated heterocycles. The summed E-state index contributed by atoms with van der Waals surface area (Å²) < 4.78 is 4.72. The van der Waals surface area contributed by atoms with Gasteiger partial charge in [0, 0.05) is 7.05 Å². The molecule has 2 aromatic heterocycles. The molecule has 0 amide bonds. The Hall–Kier alpha value is -1.69. The Bertz CT molecular complexity index is 550. The normalized spacial score (nSPS) is 10.4. The molecule has 0 atom stereocenters. The Kier molecular flexibility index (Phi) is 2.74. The Morgan fingerprint density at radius 3 is 2.88 bits per heavy atom. The maximum atomic E-state index is 11.5. The van der Waals surface area contributed by atoms with E-state index in [1.54, 1.807) is 7.05 Å². The van der Waals surface area contributed by atoms with Crippen LogP contribution in [0.1, 0.15) is 15.2 Å². The minimum absolute atomic E-state index is 0.331. The van der Waals surface area contributed by atoms with Crippen LogP contribution in [-0.2, 0) is 4.74 Å². The lowest BCUT2D eigenvalue weighted by molar-refractivity contribution is 0.0605. The van der Waals surface area contributed by atoms with Gasteiger partial charge in [-0.25, -0.2) is 14.8 Å². The van der Waals surface area contributed by atoms with Crippen LogP contribution in [0.2, 0.25) is 0 Å². The van der Waals surface area contributed by atoms with Crippen molar-refractivity contribution in [1.29, 1.82) is 0 Å². The molecular weight excluding hydrogens is 226 g/mol. The third-order valence-electron chi connectivity index (χ3n) is 2.33. The van der Waals surface area contributed by atoms with E-state index in [-0.39, 0.29) is 5.97 Å². The fourth-order valence-corrected chi connectivity index (χ4v) is 2.62. The molecule has 0 spiro atoms. The van der Waals surface area contributed by atoms with Crippen molar-refractivity contribution in [3.63, 3.8) is 0 Å². The van der Waals surface area contributed by atoms with Gasteiger partial charge in [0.15, 0.2) is 0 Å². The van der Waals surface area contributed by atoms with Crippen molar-refractivity contribution in [2.75, 3.05) is 19.5 Å². The molecule has 0 aromatic carbocycles. The third-order valence-corrected chi connectivity index (χ3v) is 3.51. The van der Waals surface area contributed by atoms with E-state index in [4.69, 9.17) is 4.74 Å². The molecule has 0 aliphatic heterocycles. The lowest BCUT2D eigenvalue weighted by Gasteiger charge is -2.00. The van der Waals surface area contributed by atoms with Gasteiger partial charge in [0.25, 0.3) is 0 Å². The topological polar surface area (TPSA) is 64.1 Å². The number of carbonyl (C=O) groups is 1. The summed E-state index contributed by atoms with van der Waals surface area (Å²) in [4.78, 5) is 21.2. The number of carbonyl (C=O) groups excluding carboxylic acids is 1. The molecule has 0 unspecified atom stereocenters. The zero-order chi connectivity index (χ0) is 11.7. The highest BCUT2D eigenvalue weighted by molar-refractivity contribution is 7.20. The number of rotatable bonds is 2. The summed E-state index contributed by atoms with van der Waals surface area (Å²) in [7, 11) is 3.16. The van der Waals surface area contributed by atoms with Crippen molar-refractivity contribution in [2.24, 2.45) is 0 Å². The van der Waals surface area contributed by atoms with Crippen molar-refractivity contribution >= 4 is 33.3 Å². The highest BCUT2D eigenvalue weighted by atomic mass is 32.1. The minimum atomic E-state index is -0.331. The number of anilines is 1. The fraction of sp³-hybridized carbons (Fsp3) is 0.300. The molecule has 1 N–H and O–H groups in total. The van der Waals surface area contributed by atoms with E-state index in [1.165, 1.54) is 24.8 Å². The van der Waals surface area contributed by atoms with Gasteiger partial charge in [0.1, 0.15) is 21.9 Å². The van der Waals surface area contributed by atoms with E-state index >= 15 is 0 Å². The fourth-order valence-electron chi connectivity index (χ4n) is 1.55. The summed E-state index contributed by atoms with van der Waals surface area (Å²) >= 11 is 1.32. The number of ether oxygens (including phenoxy) is 1. The Balaban J connectivity index is 2.73. The van der Waals surface area contributed by atoms with E-state index in [0.29, 0.717) is 4.88 Å². The number of aromatic nitrogens is 2. The summed E-state index contributed by atoms with van der Waals surface area (Å²) in [5.74, 6) is 0.399. The van der Waals surface area contributed by atoms with Crippen LogP contribution >= 0.6 is 11.3 Å². The SMILES string of the molecule is CNc1ncnc2sc(C(=O)OC)c(C)c12. The van der Waals surface area contributed by atoms with Crippen LogP contribution in [0.15, 0.2) is 6.33 Å². The lowest BCUT2D eigenvalue weighted by Crippen LogP contribution is -2.00. The first-order valence-corrected chi connectivity index (χ1v) is 5.50. The number of hydrogen-bond acceptors (Lipinski definition) is 6. The molecule has 2 heterocycles. The zero-order valence-electron chi connectivity index (χ0n) is 9.20. The molecule has 0 fully saturated rings. The molecule has 0 radical (unpaired) electrons. The predicted octanol–water partition coefficient (Wildman–Crippen LogP) is 1.83. The maximum Gasteiger partial charge on any atom is 0.348 e. The van der Waals surface area contributed by atoms with Gasteiger partial charge in [-0.05, 0) is 12.5 Å². The standard InChI is InChI=1S/C10H11N3O2S/c1-5-6-8(11-2)12-4-13-9(6)16-7(5)10(14)15-3/h4H,1-3H3,(H,11,12,13). The molecule has 6 heteroatoms. The van der Waals surface area contributed by atoms with Gasteiger partial charge in [0.05, 0.1) is 12.5 Å². The number of nitrogens with one attached hydrogen (secondary N) is 1.